The number of hydrogen-bond acceptors (Lipinski definition) is 5. The first kappa shape index (κ1) is 12.6. The summed E-state index contributed by atoms with van der Waals surface area (Å²) in [4.78, 5) is 0. The van der Waals surface area contributed by atoms with Gasteiger partial charge in [0.15, 0.2) is 0 Å². The molecule has 16 heavy (non-hydrogen) atoms. The summed E-state index contributed by atoms with van der Waals surface area (Å²) in [6.45, 7) is 0.319. The summed E-state index contributed by atoms with van der Waals surface area (Å²) in [6, 6.07) is 3.19. The lowest BCUT2D eigenvalue weighted by molar-refractivity contribution is 0.364. The van der Waals surface area contributed by atoms with Crippen molar-refractivity contribution >= 4 is 0 Å². The van der Waals surface area contributed by atoms with E-state index in [1.165, 1.54) is 0 Å². The molecule has 0 aliphatic heterocycles. The molecule has 1 rings (SSSR count). The third-order valence-corrected chi connectivity index (χ3v) is 2.38. The van der Waals surface area contributed by atoms with Gasteiger partial charge in [-0.2, -0.15) is 0 Å². The van der Waals surface area contributed by atoms with Gasteiger partial charge in [-0.1, -0.05) is 0 Å². The maximum atomic E-state index is 5.91. The molecule has 5 nitrogen and oxygen atoms in total. The molecule has 0 saturated carbocycles. The smallest absolute Gasteiger partial charge is 0.131 e. The van der Waals surface area contributed by atoms with Gasteiger partial charge in [0.05, 0.1) is 26.9 Å². The van der Waals surface area contributed by atoms with Crippen LogP contribution in [0.1, 0.15) is 11.6 Å². The Morgan fingerprint density at radius 3 is 1.88 bits per heavy atom. The number of benzene rings is 1. The molecule has 0 amide bonds. The minimum atomic E-state index is -0.323. The van der Waals surface area contributed by atoms with E-state index in [4.69, 9.17) is 25.7 Å². The number of methoxy groups -OCH3 is 3. The Balaban J connectivity index is 3.31. The average Bonchev–Trinajstić information content (AvgIpc) is 2.35. The Bertz CT molecular complexity index is 330. The number of ether oxygens (including phenoxy) is 3. The molecule has 0 aromatic heterocycles. The molecule has 1 atom stereocenters. The van der Waals surface area contributed by atoms with E-state index in [9.17, 15) is 0 Å². The summed E-state index contributed by atoms with van der Waals surface area (Å²) in [5, 5.41) is 0. The molecule has 5 heteroatoms. The van der Waals surface area contributed by atoms with Crippen LogP contribution < -0.4 is 25.7 Å². The van der Waals surface area contributed by atoms with Crippen molar-refractivity contribution in [2.24, 2.45) is 11.5 Å². The van der Waals surface area contributed by atoms with E-state index in [1.54, 1.807) is 33.5 Å². The fourth-order valence-corrected chi connectivity index (χ4v) is 1.52. The number of hydrogen-bond donors (Lipinski definition) is 2. The summed E-state index contributed by atoms with van der Waals surface area (Å²) in [5.74, 6) is 1.89. The molecule has 0 bridgehead atoms. The molecular weight excluding hydrogens is 208 g/mol. The lowest BCUT2D eigenvalue weighted by Gasteiger charge is -2.18. The zero-order valence-corrected chi connectivity index (χ0v) is 9.82. The van der Waals surface area contributed by atoms with Crippen LogP contribution in [0.25, 0.3) is 0 Å². The zero-order chi connectivity index (χ0) is 12.1. The van der Waals surface area contributed by atoms with E-state index in [0.717, 1.165) is 5.56 Å². The molecule has 0 saturated heterocycles. The second kappa shape index (κ2) is 5.58. The van der Waals surface area contributed by atoms with Crippen molar-refractivity contribution in [3.63, 3.8) is 0 Å². The van der Waals surface area contributed by atoms with Gasteiger partial charge < -0.3 is 25.7 Å². The van der Waals surface area contributed by atoms with Gasteiger partial charge in [0.1, 0.15) is 17.2 Å². The van der Waals surface area contributed by atoms with E-state index < -0.39 is 0 Å². The Kier molecular flexibility index (Phi) is 4.39. The van der Waals surface area contributed by atoms with Crippen LogP contribution in [-0.2, 0) is 0 Å². The van der Waals surface area contributed by atoms with Gasteiger partial charge in [0, 0.05) is 24.7 Å². The molecule has 0 aliphatic carbocycles. The van der Waals surface area contributed by atoms with Crippen LogP contribution in [0.15, 0.2) is 12.1 Å². The summed E-state index contributed by atoms with van der Waals surface area (Å²) in [5.41, 5.74) is 12.2. The van der Waals surface area contributed by atoms with Gasteiger partial charge >= 0.3 is 0 Å². The van der Waals surface area contributed by atoms with Gasteiger partial charge in [-0.3, -0.25) is 0 Å². The van der Waals surface area contributed by atoms with E-state index >= 15 is 0 Å². The highest BCUT2D eigenvalue weighted by Gasteiger charge is 2.18. The lowest BCUT2D eigenvalue weighted by atomic mass is 10.0. The Labute approximate surface area is 95.3 Å². The summed E-state index contributed by atoms with van der Waals surface area (Å²) < 4.78 is 15.7. The van der Waals surface area contributed by atoms with Crippen LogP contribution in [0.5, 0.6) is 17.2 Å². The highest BCUT2D eigenvalue weighted by atomic mass is 16.5. The molecule has 0 fully saturated rings. The minimum absolute atomic E-state index is 0.319. The Morgan fingerprint density at radius 1 is 1.06 bits per heavy atom. The van der Waals surface area contributed by atoms with Gasteiger partial charge in [0.25, 0.3) is 0 Å². The summed E-state index contributed by atoms with van der Waals surface area (Å²) >= 11 is 0. The van der Waals surface area contributed by atoms with Crippen molar-refractivity contribution in [2.75, 3.05) is 27.9 Å². The van der Waals surface area contributed by atoms with Crippen molar-refractivity contribution in [2.45, 2.75) is 6.04 Å². The normalized spacial score (nSPS) is 12.1. The van der Waals surface area contributed by atoms with Crippen LogP contribution in [0.4, 0.5) is 0 Å². The highest BCUT2D eigenvalue weighted by molar-refractivity contribution is 5.52. The van der Waals surface area contributed by atoms with E-state index in [2.05, 4.69) is 0 Å². The average molecular weight is 226 g/mol. The molecule has 1 unspecified atom stereocenters. The molecule has 0 spiro atoms. The third kappa shape index (κ3) is 2.37. The third-order valence-electron chi connectivity index (χ3n) is 2.38. The molecule has 0 radical (unpaired) electrons. The maximum absolute atomic E-state index is 5.91. The van der Waals surface area contributed by atoms with Crippen molar-refractivity contribution < 1.29 is 14.2 Å². The Morgan fingerprint density at radius 2 is 1.56 bits per heavy atom. The molecule has 0 heterocycles. The SMILES string of the molecule is COc1cc(OC)c(C(N)CN)c(OC)c1. The van der Waals surface area contributed by atoms with E-state index in [1.807, 2.05) is 0 Å². The molecule has 4 N–H and O–H groups in total. The molecule has 0 aliphatic rings. The molecular formula is C11H18N2O3. The summed E-state index contributed by atoms with van der Waals surface area (Å²) in [7, 11) is 4.72. The van der Waals surface area contributed by atoms with Crippen LogP contribution >= 0.6 is 0 Å². The second-order valence-corrected chi connectivity index (χ2v) is 3.29. The van der Waals surface area contributed by atoms with E-state index in [0.29, 0.717) is 23.8 Å². The van der Waals surface area contributed by atoms with Crippen molar-refractivity contribution in [1.29, 1.82) is 0 Å². The minimum Gasteiger partial charge on any atom is -0.496 e. The first-order valence-corrected chi connectivity index (χ1v) is 4.93. The summed E-state index contributed by atoms with van der Waals surface area (Å²) in [6.07, 6.45) is 0. The van der Waals surface area contributed by atoms with Gasteiger partial charge in [-0.05, 0) is 0 Å². The monoisotopic (exact) mass is 226 g/mol. The predicted octanol–water partition coefficient (Wildman–Crippen LogP) is 0.671. The van der Waals surface area contributed by atoms with E-state index in [-0.39, 0.29) is 6.04 Å². The molecule has 1 aromatic rings. The quantitative estimate of drug-likeness (QED) is 0.771. The van der Waals surface area contributed by atoms with Crippen molar-refractivity contribution in [3.8, 4) is 17.2 Å². The zero-order valence-electron chi connectivity index (χ0n) is 9.82. The molecule has 1 aromatic carbocycles. The Hall–Kier alpha value is -1.46. The number of rotatable bonds is 5. The van der Waals surface area contributed by atoms with Gasteiger partial charge in [0.2, 0.25) is 0 Å². The van der Waals surface area contributed by atoms with Crippen molar-refractivity contribution in [1.82, 2.24) is 0 Å². The fourth-order valence-electron chi connectivity index (χ4n) is 1.52. The second-order valence-electron chi connectivity index (χ2n) is 3.29. The van der Waals surface area contributed by atoms with Crippen LogP contribution in [0.2, 0.25) is 0 Å². The van der Waals surface area contributed by atoms with Gasteiger partial charge in [-0.25, -0.2) is 0 Å². The predicted molar refractivity (Wildman–Crippen MR) is 62.1 cm³/mol. The van der Waals surface area contributed by atoms with Crippen LogP contribution in [-0.4, -0.2) is 27.9 Å². The standard InChI is InChI=1S/C11H18N2O3/c1-14-7-4-9(15-2)11(8(13)6-12)10(5-7)16-3/h4-5,8H,6,12-13H2,1-3H3. The fraction of sp³-hybridized carbons (Fsp3) is 0.455. The van der Waals surface area contributed by atoms with Crippen LogP contribution in [0, 0.1) is 0 Å². The molecule has 90 valence electrons. The highest BCUT2D eigenvalue weighted by Crippen LogP contribution is 2.37. The number of nitrogens with two attached hydrogens (primary N) is 2. The van der Waals surface area contributed by atoms with Crippen molar-refractivity contribution in [3.05, 3.63) is 17.7 Å². The first-order valence-electron chi connectivity index (χ1n) is 4.93. The first-order chi connectivity index (χ1) is 7.67. The lowest BCUT2D eigenvalue weighted by Crippen LogP contribution is -2.22. The van der Waals surface area contributed by atoms with Crippen LogP contribution in [0.3, 0.4) is 0 Å². The largest absolute Gasteiger partial charge is 0.496 e. The maximum Gasteiger partial charge on any atom is 0.131 e. The topological polar surface area (TPSA) is 79.7 Å². The van der Waals surface area contributed by atoms with Gasteiger partial charge in [-0.15, -0.1) is 0 Å².